The van der Waals surface area contributed by atoms with Gasteiger partial charge in [0, 0.05) is 15.8 Å². The number of aryl methyl sites for hydroxylation is 1. The quantitative estimate of drug-likeness (QED) is 0.824. The van der Waals surface area contributed by atoms with Crippen LogP contribution >= 0.6 is 33.9 Å². The number of nitrogen functional groups attached to an aromatic ring is 1. The SMILES string of the molecule is Cc1cc(-c2onc(N)c2I)cs1. The van der Waals surface area contributed by atoms with Crippen molar-refractivity contribution in [1.29, 1.82) is 0 Å². The first-order valence-electron chi connectivity index (χ1n) is 3.64. The van der Waals surface area contributed by atoms with Crippen LogP contribution in [-0.2, 0) is 0 Å². The molecule has 0 unspecified atom stereocenters. The smallest absolute Gasteiger partial charge is 0.183 e. The summed E-state index contributed by atoms with van der Waals surface area (Å²) < 4.78 is 6.00. The van der Waals surface area contributed by atoms with Gasteiger partial charge >= 0.3 is 0 Å². The van der Waals surface area contributed by atoms with E-state index in [1.807, 2.05) is 5.38 Å². The lowest BCUT2D eigenvalue weighted by molar-refractivity contribution is 0.435. The van der Waals surface area contributed by atoms with Gasteiger partial charge in [0.25, 0.3) is 0 Å². The fourth-order valence-electron chi connectivity index (χ4n) is 1.03. The minimum absolute atomic E-state index is 0.458. The van der Waals surface area contributed by atoms with Gasteiger partial charge in [-0.15, -0.1) is 11.3 Å². The first-order valence-corrected chi connectivity index (χ1v) is 5.60. The van der Waals surface area contributed by atoms with Gasteiger partial charge in [0.2, 0.25) is 0 Å². The van der Waals surface area contributed by atoms with Gasteiger partial charge in [-0.1, -0.05) is 5.16 Å². The van der Waals surface area contributed by atoms with Crippen molar-refractivity contribution in [3.63, 3.8) is 0 Å². The zero-order chi connectivity index (χ0) is 9.42. The van der Waals surface area contributed by atoms with Gasteiger partial charge in [0.05, 0.1) is 0 Å². The first-order chi connectivity index (χ1) is 6.18. The van der Waals surface area contributed by atoms with Crippen LogP contribution in [-0.4, -0.2) is 5.16 Å². The fraction of sp³-hybridized carbons (Fsp3) is 0.125. The number of hydrogen-bond donors (Lipinski definition) is 1. The molecule has 5 heteroatoms. The second kappa shape index (κ2) is 3.30. The number of thiophene rings is 1. The average molecular weight is 306 g/mol. The Kier molecular flexibility index (Phi) is 2.29. The Hall–Kier alpha value is -0.560. The van der Waals surface area contributed by atoms with Gasteiger partial charge in [-0.2, -0.15) is 0 Å². The van der Waals surface area contributed by atoms with Crippen LogP contribution in [0.1, 0.15) is 4.88 Å². The van der Waals surface area contributed by atoms with Crippen LogP contribution < -0.4 is 5.73 Å². The molecule has 2 rings (SSSR count). The molecule has 0 aromatic carbocycles. The van der Waals surface area contributed by atoms with Crippen LogP contribution in [0.15, 0.2) is 16.0 Å². The van der Waals surface area contributed by atoms with E-state index in [1.54, 1.807) is 11.3 Å². The Bertz CT molecular complexity index is 435. The zero-order valence-electron chi connectivity index (χ0n) is 6.87. The number of anilines is 1. The molecular weight excluding hydrogens is 299 g/mol. The molecule has 0 spiro atoms. The van der Waals surface area contributed by atoms with Crippen molar-refractivity contribution in [2.45, 2.75) is 6.92 Å². The number of nitrogens with two attached hydrogens (primary N) is 1. The van der Waals surface area contributed by atoms with E-state index in [0.717, 1.165) is 14.9 Å². The summed E-state index contributed by atoms with van der Waals surface area (Å²) in [6, 6.07) is 2.06. The molecule has 2 N–H and O–H groups in total. The molecule has 0 aliphatic heterocycles. The largest absolute Gasteiger partial charge is 0.380 e. The number of halogens is 1. The maximum Gasteiger partial charge on any atom is 0.183 e. The van der Waals surface area contributed by atoms with Crippen molar-refractivity contribution in [2.24, 2.45) is 0 Å². The van der Waals surface area contributed by atoms with Crippen LogP contribution in [0, 0.1) is 10.5 Å². The van der Waals surface area contributed by atoms with E-state index in [4.69, 9.17) is 10.3 Å². The Morgan fingerprint density at radius 3 is 2.85 bits per heavy atom. The molecule has 3 nitrogen and oxygen atoms in total. The minimum Gasteiger partial charge on any atom is -0.380 e. The van der Waals surface area contributed by atoms with Gasteiger partial charge < -0.3 is 10.3 Å². The Balaban J connectivity index is 2.52. The lowest BCUT2D eigenvalue weighted by Crippen LogP contribution is -1.85. The maximum atomic E-state index is 5.58. The molecule has 0 radical (unpaired) electrons. The summed E-state index contributed by atoms with van der Waals surface area (Å²) in [4.78, 5) is 1.25. The third-order valence-electron chi connectivity index (χ3n) is 1.65. The third kappa shape index (κ3) is 1.58. The number of nitrogens with zero attached hydrogens (tertiary/aromatic N) is 1. The monoisotopic (exact) mass is 306 g/mol. The number of aromatic nitrogens is 1. The predicted molar refractivity (Wildman–Crippen MR) is 61.7 cm³/mol. The van der Waals surface area contributed by atoms with E-state index in [9.17, 15) is 0 Å². The molecule has 0 fully saturated rings. The average Bonchev–Trinajstić information content (AvgIpc) is 2.62. The Morgan fingerprint density at radius 2 is 2.38 bits per heavy atom. The third-order valence-corrected chi connectivity index (χ3v) is 3.56. The molecule has 68 valence electrons. The van der Waals surface area contributed by atoms with Crippen LogP contribution in [0.2, 0.25) is 0 Å². The van der Waals surface area contributed by atoms with E-state index in [0.29, 0.717) is 5.82 Å². The molecule has 0 amide bonds. The highest BCUT2D eigenvalue weighted by Gasteiger charge is 2.13. The van der Waals surface area contributed by atoms with Crippen molar-refractivity contribution >= 4 is 39.7 Å². The summed E-state index contributed by atoms with van der Waals surface area (Å²) in [5.74, 6) is 1.22. The molecule has 0 aliphatic carbocycles. The Labute approximate surface area is 93.1 Å². The van der Waals surface area contributed by atoms with Gasteiger partial charge in [-0.05, 0) is 35.6 Å². The summed E-state index contributed by atoms with van der Waals surface area (Å²) in [6.07, 6.45) is 0. The second-order valence-corrected chi connectivity index (χ2v) is 4.85. The Morgan fingerprint density at radius 1 is 1.62 bits per heavy atom. The van der Waals surface area contributed by atoms with Crippen LogP contribution in [0.4, 0.5) is 5.82 Å². The topological polar surface area (TPSA) is 52.0 Å². The summed E-state index contributed by atoms with van der Waals surface area (Å²) in [5, 5.41) is 5.74. The first kappa shape index (κ1) is 9.01. The van der Waals surface area contributed by atoms with Crippen molar-refractivity contribution in [3.05, 3.63) is 19.9 Å². The number of hydrogen-bond acceptors (Lipinski definition) is 4. The molecular formula is C8H7IN2OS. The fourth-order valence-corrected chi connectivity index (χ4v) is 2.22. The van der Waals surface area contributed by atoms with Crippen molar-refractivity contribution in [1.82, 2.24) is 5.16 Å². The van der Waals surface area contributed by atoms with Gasteiger partial charge in [0.1, 0.15) is 3.57 Å². The highest BCUT2D eigenvalue weighted by Crippen LogP contribution is 2.31. The molecule has 0 aliphatic rings. The highest BCUT2D eigenvalue weighted by atomic mass is 127. The van der Waals surface area contributed by atoms with Gasteiger partial charge in [-0.3, -0.25) is 0 Å². The summed E-state index contributed by atoms with van der Waals surface area (Å²) in [5.41, 5.74) is 6.63. The normalized spacial score (nSPS) is 10.6. The van der Waals surface area contributed by atoms with Crippen LogP contribution in [0.5, 0.6) is 0 Å². The summed E-state index contributed by atoms with van der Waals surface area (Å²) in [7, 11) is 0. The summed E-state index contributed by atoms with van der Waals surface area (Å²) >= 11 is 3.82. The van der Waals surface area contributed by atoms with E-state index < -0.39 is 0 Å². The molecule has 2 heterocycles. The van der Waals surface area contributed by atoms with Crippen LogP contribution in [0.3, 0.4) is 0 Å². The molecule has 0 saturated carbocycles. The van der Waals surface area contributed by atoms with Crippen LogP contribution in [0.25, 0.3) is 11.3 Å². The lowest BCUT2D eigenvalue weighted by Gasteiger charge is -1.88. The predicted octanol–water partition coefficient (Wildman–Crippen LogP) is 2.90. The van der Waals surface area contributed by atoms with Crippen molar-refractivity contribution in [2.75, 3.05) is 5.73 Å². The number of rotatable bonds is 1. The molecule has 0 saturated heterocycles. The second-order valence-electron chi connectivity index (χ2n) is 2.66. The molecule has 13 heavy (non-hydrogen) atoms. The minimum atomic E-state index is 0.458. The molecule has 0 bridgehead atoms. The molecule has 0 atom stereocenters. The lowest BCUT2D eigenvalue weighted by atomic mass is 10.2. The molecule has 2 aromatic heterocycles. The van der Waals surface area contributed by atoms with E-state index in [-0.39, 0.29) is 0 Å². The summed E-state index contributed by atoms with van der Waals surface area (Å²) in [6.45, 7) is 2.06. The standard InChI is InChI=1S/C8H7IN2OS/c1-4-2-5(3-13-4)7-6(9)8(10)11-12-7/h2-3H,1H3,(H2,10,11). The maximum absolute atomic E-state index is 5.58. The van der Waals surface area contributed by atoms with Crippen molar-refractivity contribution in [3.8, 4) is 11.3 Å². The van der Waals surface area contributed by atoms with E-state index in [2.05, 4.69) is 40.7 Å². The molecule has 2 aromatic rings. The van der Waals surface area contributed by atoms with E-state index in [1.165, 1.54) is 4.88 Å². The van der Waals surface area contributed by atoms with Crippen molar-refractivity contribution < 1.29 is 4.52 Å². The zero-order valence-corrected chi connectivity index (χ0v) is 9.85. The highest BCUT2D eigenvalue weighted by molar-refractivity contribution is 14.1. The van der Waals surface area contributed by atoms with Gasteiger partial charge in [0.15, 0.2) is 11.6 Å². The van der Waals surface area contributed by atoms with Gasteiger partial charge in [-0.25, -0.2) is 0 Å². The van der Waals surface area contributed by atoms with E-state index >= 15 is 0 Å².